The van der Waals surface area contributed by atoms with Crippen LogP contribution in [-0.4, -0.2) is 16.5 Å². The van der Waals surface area contributed by atoms with Gasteiger partial charge in [0.2, 0.25) is 0 Å². The number of halogens is 2. The highest BCUT2D eigenvalue weighted by Gasteiger charge is 2.18. The normalized spacial score (nSPS) is 15.0. The first-order valence-electron chi connectivity index (χ1n) is 4.75. The molecule has 0 heterocycles. The molecule has 0 aliphatic heterocycles. The smallest absolute Gasteiger partial charge is 0.136 e. The summed E-state index contributed by atoms with van der Waals surface area (Å²) in [4.78, 5) is 0.240. The van der Waals surface area contributed by atoms with E-state index in [1.807, 2.05) is 6.92 Å². The lowest BCUT2D eigenvalue weighted by molar-refractivity contribution is 0.0816. The van der Waals surface area contributed by atoms with Crippen molar-refractivity contribution >= 4 is 11.8 Å². The molecular weight excluding hydrogens is 218 g/mol. The maximum absolute atomic E-state index is 13.2. The van der Waals surface area contributed by atoms with Crippen LogP contribution in [0.1, 0.15) is 20.3 Å². The van der Waals surface area contributed by atoms with Crippen molar-refractivity contribution in [3.63, 3.8) is 0 Å². The monoisotopic (exact) mass is 232 g/mol. The molecule has 15 heavy (non-hydrogen) atoms. The van der Waals surface area contributed by atoms with Crippen molar-refractivity contribution in [2.75, 3.05) is 5.75 Å². The molecule has 0 aliphatic carbocycles. The second-order valence-corrected chi connectivity index (χ2v) is 4.73. The van der Waals surface area contributed by atoms with Crippen LogP contribution in [0.5, 0.6) is 0 Å². The van der Waals surface area contributed by atoms with Gasteiger partial charge in [-0.3, -0.25) is 0 Å². The lowest BCUT2D eigenvalue weighted by atomic mass is 10.1. The van der Waals surface area contributed by atoms with Crippen LogP contribution in [0.25, 0.3) is 0 Å². The number of hydrogen-bond acceptors (Lipinski definition) is 2. The first kappa shape index (κ1) is 12.5. The van der Waals surface area contributed by atoms with E-state index in [4.69, 9.17) is 0 Å². The van der Waals surface area contributed by atoms with Gasteiger partial charge in [0.15, 0.2) is 0 Å². The van der Waals surface area contributed by atoms with E-state index in [9.17, 15) is 13.9 Å². The van der Waals surface area contributed by atoms with E-state index in [1.54, 1.807) is 6.92 Å². The molecule has 1 nitrogen and oxygen atoms in total. The Balaban J connectivity index is 2.69. The molecule has 1 unspecified atom stereocenters. The quantitative estimate of drug-likeness (QED) is 0.804. The summed E-state index contributed by atoms with van der Waals surface area (Å²) in [5.74, 6) is -0.563. The van der Waals surface area contributed by atoms with Crippen LogP contribution in [0, 0.1) is 11.6 Å². The summed E-state index contributed by atoms with van der Waals surface area (Å²) in [5.41, 5.74) is -0.844. The first-order valence-corrected chi connectivity index (χ1v) is 5.73. The third kappa shape index (κ3) is 3.80. The Kier molecular flexibility index (Phi) is 4.11. The van der Waals surface area contributed by atoms with Crippen molar-refractivity contribution < 1.29 is 13.9 Å². The number of hydrogen-bond donors (Lipinski definition) is 1. The second kappa shape index (κ2) is 4.94. The van der Waals surface area contributed by atoms with Gasteiger partial charge in [0.1, 0.15) is 11.6 Å². The van der Waals surface area contributed by atoms with Crippen molar-refractivity contribution in [3.8, 4) is 0 Å². The molecule has 1 aromatic rings. The molecule has 0 aliphatic rings. The molecule has 4 heteroatoms. The van der Waals surface area contributed by atoms with Crippen molar-refractivity contribution in [2.24, 2.45) is 0 Å². The Morgan fingerprint density at radius 2 is 2.07 bits per heavy atom. The minimum atomic E-state index is -0.844. The maximum atomic E-state index is 13.2. The van der Waals surface area contributed by atoms with Gasteiger partial charge in [-0.05, 0) is 31.5 Å². The Bertz CT molecular complexity index is 339. The van der Waals surface area contributed by atoms with Gasteiger partial charge in [0.25, 0.3) is 0 Å². The van der Waals surface area contributed by atoms with Crippen molar-refractivity contribution in [2.45, 2.75) is 30.8 Å². The summed E-state index contributed by atoms with van der Waals surface area (Å²) in [6.07, 6.45) is 0.580. The summed E-state index contributed by atoms with van der Waals surface area (Å²) >= 11 is 1.13. The Hall–Kier alpha value is -0.610. The van der Waals surface area contributed by atoms with E-state index >= 15 is 0 Å². The Labute approximate surface area is 92.5 Å². The summed E-state index contributed by atoms with van der Waals surface area (Å²) in [6, 6.07) is 3.32. The largest absolute Gasteiger partial charge is 0.389 e. The third-order valence-electron chi connectivity index (χ3n) is 2.19. The van der Waals surface area contributed by atoms with Crippen molar-refractivity contribution in [1.29, 1.82) is 0 Å². The van der Waals surface area contributed by atoms with Gasteiger partial charge in [0, 0.05) is 10.6 Å². The van der Waals surface area contributed by atoms with E-state index < -0.39 is 17.2 Å². The summed E-state index contributed by atoms with van der Waals surface area (Å²) in [5, 5.41) is 9.71. The topological polar surface area (TPSA) is 20.2 Å². The molecule has 1 rings (SSSR count). The molecule has 0 saturated carbocycles. The molecule has 0 radical (unpaired) electrons. The molecule has 1 aromatic carbocycles. The molecule has 0 saturated heterocycles. The zero-order valence-corrected chi connectivity index (χ0v) is 9.57. The summed E-state index contributed by atoms with van der Waals surface area (Å²) < 4.78 is 26.0. The highest BCUT2D eigenvalue weighted by atomic mass is 32.2. The zero-order valence-electron chi connectivity index (χ0n) is 8.76. The van der Waals surface area contributed by atoms with E-state index in [-0.39, 0.29) is 4.90 Å². The van der Waals surface area contributed by atoms with Crippen LogP contribution < -0.4 is 0 Å². The number of aliphatic hydroxyl groups is 1. The number of rotatable bonds is 4. The predicted octanol–water partition coefficient (Wildman–Crippen LogP) is 3.22. The van der Waals surface area contributed by atoms with Crippen LogP contribution >= 0.6 is 11.8 Å². The fraction of sp³-hybridized carbons (Fsp3) is 0.455. The molecule has 84 valence electrons. The van der Waals surface area contributed by atoms with E-state index in [0.717, 1.165) is 30.0 Å². The summed E-state index contributed by atoms with van der Waals surface area (Å²) in [7, 11) is 0. The molecular formula is C11H14F2OS. The lowest BCUT2D eigenvalue weighted by Gasteiger charge is -2.20. The fourth-order valence-corrected chi connectivity index (χ4v) is 2.00. The van der Waals surface area contributed by atoms with Gasteiger partial charge < -0.3 is 5.11 Å². The molecule has 1 atom stereocenters. The van der Waals surface area contributed by atoms with Gasteiger partial charge in [0.05, 0.1) is 5.60 Å². The highest BCUT2D eigenvalue weighted by Crippen LogP contribution is 2.27. The molecule has 0 fully saturated rings. The minimum absolute atomic E-state index is 0.240. The van der Waals surface area contributed by atoms with Crippen LogP contribution in [-0.2, 0) is 0 Å². The first-order chi connectivity index (χ1) is 6.94. The van der Waals surface area contributed by atoms with E-state index in [1.165, 1.54) is 0 Å². The standard InChI is InChI=1S/C11H14F2OS/c1-3-11(2,14)7-15-10-6-8(12)4-5-9(10)13/h4-6,14H,3,7H2,1-2H3. The van der Waals surface area contributed by atoms with Gasteiger partial charge >= 0.3 is 0 Å². The number of benzene rings is 1. The van der Waals surface area contributed by atoms with E-state index in [0.29, 0.717) is 12.2 Å². The average molecular weight is 232 g/mol. The van der Waals surface area contributed by atoms with Crippen LogP contribution in [0.3, 0.4) is 0 Å². The highest BCUT2D eigenvalue weighted by molar-refractivity contribution is 7.99. The Morgan fingerprint density at radius 1 is 1.40 bits per heavy atom. The molecule has 0 aromatic heterocycles. The van der Waals surface area contributed by atoms with Gasteiger partial charge in [-0.15, -0.1) is 11.8 Å². The van der Waals surface area contributed by atoms with Gasteiger partial charge in [-0.25, -0.2) is 8.78 Å². The van der Waals surface area contributed by atoms with Crippen LogP contribution in [0.15, 0.2) is 23.1 Å². The molecule has 0 spiro atoms. The lowest BCUT2D eigenvalue weighted by Crippen LogP contribution is -2.25. The molecule has 0 amide bonds. The number of thioether (sulfide) groups is 1. The zero-order chi connectivity index (χ0) is 11.5. The fourth-order valence-electron chi connectivity index (χ4n) is 0.923. The average Bonchev–Trinajstić information content (AvgIpc) is 2.20. The van der Waals surface area contributed by atoms with Crippen LogP contribution in [0.2, 0.25) is 0 Å². The second-order valence-electron chi connectivity index (χ2n) is 3.71. The van der Waals surface area contributed by atoms with Crippen LogP contribution in [0.4, 0.5) is 8.78 Å². The Morgan fingerprint density at radius 3 is 2.67 bits per heavy atom. The summed E-state index contributed by atoms with van der Waals surface area (Å²) in [6.45, 7) is 3.53. The maximum Gasteiger partial charge on any atom is 0.136 e. The third-order valence-corrected chi connectivity index (χ3v) is 3.58. The molecule has 0 bridgehead atoms. The SMILES string of the molecule is CCC(C)(O)CSc1cc(F)ccc1F. The van der Waals surface area contributed by atoms with Gasteiger partial charge in [-0.1, -0.05) is 6.92 Å². The predicted molar refractivity (Wildman–Crippen MR) is 58.0 cm³/mol. The molecule has 1 N–H and O–H groups in total. The minimum Gasteiger partial charge on any atom is -0.389 e. The van der Waals surface area contributed by atoms with E-state index in [2.05, 4.69) is 0 Å². The van der Waals surface area contributed by atoms with Crippen molar-refractivity contribution in [1.82, 2.24) is 0 Å². The van der Waals surface area contributed by atoms with Gasteiger partial charge in [-0.2, -0.15) is 0 Å². The van der Waals surface area contributed by atoms with Crippen molar-refractivity contribution in [3.05, 3.63) is 29.8 Å².